The number of rotatable bonds is 7. The van der Waals surface area contributed by atoms with E-state index in [0.29, 0.717) is 16.5 Å². The predicted octanol–water partition coefficient (Wildman–Crippen LogP) is 5.77. The number of nitro benzene ring substituents is 1. The number of carbonyl (C=O) groups is 1. The average molecular weight is 481 g/mol. The van der Waals surface area contributed by atoms with Crippen LogP contribution in [0.1, 0.15) is 30.1 Å². The largest absolute Gasteiger partial charge is 0.457 e. The lowest BCUT2D eigenvalue weighted by atomic mass is 10.2. The van der Waals surface area contributed by atoms with Gasteiger partial charge in [0.05, 0.1) is 16.7 Å². The van der Waals surface area contributed by atoms with E-state index in [-0.39, 0.29) is 23.0 Å². The maximum atomic E-state index is 13.1. The first-order valence-electron chi connectivity index (χ1n) is 9.76. The second-order valence-corrected chi connectivity index (χ2v) is 7.90. The number of nitrogens with one attached hydrogen (secondary N) is 1. The SMILES string of the molecule is O=C(Cn1nc(C(F)(F)F)cc1C1CC1)Nc1cc(Oc2ccc(Cl)cc2)cc([N+](=O)[O-])c1. The molecular formula is C21H16ClF3N4O4. The summed E-state index contributed by atoms with van der Waals surface area (Å²) in [5.41, 5.74) is -1.02. The Morgan fingerprint density at radius 1 is 1.18 bits per heavy atom. The number of halogens is 4. The second-order valence-electron chi connectivity index (χ2n) is 7.46. The summed E-state index contributed by atoms with van der Waals surface area (Å²) in [4.78, 5) is 23.2. The van der Waals surface area contributed by atoms with Gasteiger partial charge in [-0.15, -0.1) is 0 Å². The van der Waals surface area contributed by atoms with Crippen LogP contribution >= 0.6 is 11.6 Å². The van der Waals surface area contributed by atoms with E-state index in [4.69, 9.17) is 16.3 Å². The number of nitro groups is 1. The maximum Gasteiger partial charge on any atom is 0.435 e. The molecule has 1 fully saturated rings. The number of alkyl halides is 3. The van der Waals surface area contributed by atoms with Gasteiger partial charge in [0.2, 0.25) is 5.91 Å². The normalized spacial score (nSPS) is 13.6. The number of ether oxygens (including phenoxy) is 1. The van der Waals surface area contributed by atoms with Crippen molar-refractivity contribution in [3.8, 4) is 11.5 Å². The Kier molecular flexibility index (Phi) is 5.98. The third-order valence-electron chi connectivity index (χ3n) is 4.83. The molecule has 1 saturated carbocycles. The Bertz CT molecular complexity index is 1210. The van der Waals surface area contributed by atoms with E-state index in [9.17, 15) is 28.1 Å². The second kappa shape index (κ2) is 8.74. The number of anilines is 1. The molecule has 172 valence electrons. The first-order chi connectivity index (χ1) is 15.6. The molecule has 8 nitrogen and oxygen atoms in total. The fourth-order valence-electron chi connectivity index (χ4n) is 3.20. The summed E-state index contributed by atoms with van der Waals surface area (Å²) >= 11 is 5.83. The smallest absolute Gasteiger partial charge is 0.435 e. The van der Waals surface area contributed by atoms with E-state index in [1.165, 1.54) is 12.1 Å². The van der Waals surface area contributed by atoms with Crippen molar-refractivity contribution in [3.05, 3.63) is 75.1 Å². The minimum Gasteiger partial charge on any atom is -0.457 e. The number of amides is 1. The molecule has 1 aromatic heterocycles. The van der Waals surface area contributed by atoms with E-state index in [1.54, 1.807) is 24.3 Å². The Balaban J connectivity index is 1.54. The Hall–Kier alpha value is -3.60. The molecule has 0 bridgehead atoms. The van der Waals surface area contributed by atoms with E-state index in [2.05, 4.69) is 10.4 Å². The van der Waals surface area contributed by atoms with Crippen molar-refractivity contribution in [3.63, 3.8) is 0 Å². The van der Waals surface area contributed by atoms with Gasteiger partial charge < -0.3 is 10.1 Å². The van der Waals surface area contributed by atoms with Crippen LogP contribution in [0.5, 0.6) is 11.5 Å². The lowest BCUT2D eigenvalue weighted by Gasteiger charge is -2.11. The zero-order valence-electron chi connectivity index (χ0n) is 16.8. The monoisotopic (exact) mass is 480 g/mol. The molecule has 1 aliphatic carbocycles. The summed E-state index contributed by atoms with van der Waals surface area (Å²) in [6.07, 6.45) is -3.18. The molecule has 4 rings (SSSR count). The van der Waals surface area contributed by atoms with Gasteiger partial charge in [-0.2, -0.15) is 18.3 Å². The van der Waals surface area contributed by atoms with E-state index >= 15 is 0 Å². The van der Waals surface area contributed by atoms with Gasteiger partial charge in [0.1, 0.15) is 18.0 Å². The summed E-state index contributed by atoms with van der Waals surface area (Å²) in [5, 5.41) is 17.8. The van der Waals surface area contributed by atoms with Gasteiger partial charge in [-0.05, 0) is 43.2 Å². The van der Waals surface area contributed by atoms with Gasteiger partial charge in [0, 0.05) is 28.8 Å². The quantitative estimate of drug-likeness (QED) is 0.342. The number of non-ortho nitro benzene ring substituents is 1. The molecule has 12 heteroatoms. The topological polar surface area (TPSA) is 99.3 Å². The first kappa shape index (κ1) is 22.6. The lowest BCUT2D eigenvalue weighted by molar-refractivity contribution is -0.384. The number of hydrogen-bond acceptors (Lipinski definition) is 5. The third kappa shape index (κ3) is 5.61. The molecule has 0 atom stereocenters. The van der Waals surface area contributed by atoms with Crippen LogP contribution in [0.2, 0.25) is 5.02 Å². The molecule has 0 spiro atoms. The van der Waals surface area contributed by atoms with Gasteiger partial charge in [0.15, 0.2) is 5.69 Å². The van der Waals surface area contributed by atoms with Crippen LogP contribution < -0.4 is 10.1 Å². The molecule has 1 aliphatic rings. The van der Waals surface area contributed by atoms with Crippen LogP contribution in [-0.2, 0) is 17.5 Å². The molecule has 0 radical (unpaired) electrons. The zero-order chi connectivity index (χ0) is 23.8. The summed E-state index contributed by atoms with van der Waals surface area (Å²) in [5.74, 6) is -0.313. The van der Waals surface area contributed by atoms with Gasteiger partial charge in [-0.25, -0.2) is 0 Å². The van der Waals surface area contributed by atoms with Crippen molar-refractivity contribution in [1.82, 2.24) is 9.78 Å². The number of aromatic nitrogens is 2. The van der Waals surface area contributed by atoms with Crippen LogP contribution in [0.25, 0.3) is 0 Å². The molecule has 2 aromatic carbocycles. The summed E-state index contributed by atoms with van der Waals surface area (Å²) in [7, 11) is 0. The highest BCUT2D eigenvalue weighted by molar-refractivity contribution is 6.30. The molecule has 3 aromatic rings. The van der Waals surface area contributed by atoms with Crippen molar-refractivity contribution in [1.29, 1.82) is 0 Å². The molecule has 1 amide bonds. The third-order valence-corrected chi connectivity index (χ3v) is 5.08. The molecular weight excluding hydrogens is 465 g/mol. The van der Waals surface area contributed by atoms with Gasteiger partial charge in [-0.3, -0.25) is 19.6 Å². The van der Waals surface area contributed by atoms with E-state index < -0.39 is 29.2 Å². The molecule has 1 heterocycles. The fourth-order valence-corrected chi connectivity index (χ4v) is 3.33. The minimum absolute atomic E-state index is 0.0503. The van der Waals surface area contributed by atoms with Crippen molar-refractivity contribution >= 4 is 28.9 Å². The number of benzene rings is 2. The highest BCUT2D eigenvalue weighted by Gasteiger charge is 2.38. The van der Waals surface area contributed by atoms with E-state index in [0.717, 1.165) is 29.7 Å². The van der Waals surface area contributed by atoms with Crippen molar-refractivity contribution in [2.75, 3.05) is 5.32 Å². The standard InChI is InChI=1S/C21H16ClF3N4O4/c22-13-3-5-16(6-4-13)33-17-8-14(7-15(9-17)29(31)32)26-20(30)11-28-18(12-1-2-12)10-19(27-28)21(23,24)25/h3-10,12H,1-2,11H2,(H,26,30). The average Bonchev–Trinajstić information content (AvgIpc) is 3.48. The van der Waals surface area contributed by atoms with Crippen LogP contribution in [0, 0.1) is 10.1 Å². The predicted molar refractivity (Wildman–Crippen MR) is 112 cm³/mol. The molecule has 0 aliphatic heterocycles. The zero-order valence-corrected chi connectivity index (χ0v) is 17.6. The van der Waals surface area contributed by atoms with Crippen LogP contribution in [-0.4, -0.2) is 20.6 Å². The lowest BCUT2D eigenvalue weighted by Crippen LogP contribution is -2.21. The highest BCUT2D eigenvalue weighted by atomic mass is 35.5. The number of nitrogens with zero attached hydrogens (tertiary/aromatic N) is 3. The maximum absolute atomic E-state index is 13.1. The molecule has 0 unspecified atom stereocenters. The van der Waals surface area contributed by atoms with Gasteiger partial charge >= 0.3 is 6.18 Å². The molecule has 33 heavy (non-hydrogen) atoms. The number of carbonyl (C=O) groups excluding carboxylic acids is 1. The van der Waals surface area contributed by atoms with Gasteiger partial charge in [0.25, 0.3) is 5.69 Å². The van der Waals surface area contributed by atoms with Crippen LogP contribution in [0.3, 0.4) is 0 Å². The molecule has 1 N–H and O–H groups in total. The number of hydrogen-bond donors (Lipinski definition) is 1. The fraction of sp³-hybridized carbons (Fsp3) is 0.238. The van der Waals surface area contributed by atoms with Crippen molar-refractivity contribution in [2.24, 2.45) is 0 Å². The van der Waals surface area contributed by atoms with Crippen LogP contribution in [0.4, 0.5) is 24.5 Å². The Labute approximate surface area is 190 Å². The van der Waals surface area contributed by atoms with Crippen molar-refractivity contribution < 1.29 is 27.6 Å². The Morgan fingerprint density at radius 2 is 1.88 bits per heavy atom. The van der Waals surface area contributed by atoms with Crippen molar-refractivity contribution in [2.45, 2.75) is 31.5 Å². The summed E-state index contributed by atoms with van der Waals surface area (Å²) in [6, 6.07) is 10.9. The van der Waals surface area contributed by atoms with Crippen LogP contribution in [0.15, 0.2) is 48.5 Å². The van der Waals surface area contributed by atoms with E-state index in [1.807, 2.05) is 0 Å². The highest BCUT2D eigenvalue weighted by Crippen LogP contribution is 2.42. The first-order valence-corrected chi connectivity index (χ1v) is 10.1. The summed E-state index contributed by atoms with van der Waals surface area (Å²) < 4.78 is 45.8. The Morgan fingerprint density at radius 3 is 2.48 bits per heavy atom. The minimum atomic E-state index is -4.63. The van der Waals surface area contributed by atoms with Gasteiger partial charge in [-0.1, -0.05) is 11.6 Å². The summed E-state index contributed by atoms with van der Waals surface area (Å²) in [6.45, 7) is -0.474. The molecule has 0 saturated heterocycles.